The molecule has 0 bridgehead atoms. The molecule has 0 spiro atoms. The molecule has 0 aromatic carbocycles. The van der Waals surface area contributed by atoms with Crippen molar-refractivity contribution in [3.8, 4) is 0 Å². The molecule has 2 amide bonds. The van der Waals surface area contributed by atoms with Gasteiger partial charge in [-0.1, -0.05) is 86.3 Å². The lowest BCUT2D eigenvalue weighted by molar-refractivity contribution is -0.129. The summed E-state index contributed by atoms with van der Waals surface area (Å²) in [6, 6.07) is -1.09. The first-order valence-electron chi connectivity index (χ1n) is 17.9. The Balaban J connectivity index is 4.69. The van der Waals surface area contributed by atoms with E-state index in [0.29, 0.717) is 32.5 Å². The molecule has 50 heavy (non-hydrogen) atoms. The van der Waals surface area contributed by atoms with E-state index in [1.165, 1.54) is 7.11 Å². The molecule has 2 unspecified atom stereocenters. The number of nitrogens with one attached hydrogen (secondary N) is 2. The minimum absolute atomic E-state index is 0.0420. The summed E-state index contributed by atoms with van der Waals surface area (Å²) in [6.07, 6.45) is 34.0. The van der Waals surface area contributed by atoms with E-state index >= 15 is 0 Å². The van der Waals surface area contributed by atoms with Crippen molar-refractivity contribution in [2.45, 2.75) is 83.6 Å². The Bertz CT molecular complexity index is 1090. The number of carbonyl (C=O) groups excluding carboxylic acids is 2. The first-order valence-corrected chi connectivity index (χ1v) is 19.3. The molecule has 0 saturated heterocycles. The van der Waals surface area contributed by atoms with E-state index < -0.39 is 19.8 Å². The maximum absolute atomic E-state index is 13.0. The second kappa shape index (κ2) is 33.5. The maximum Gasteiger partial charge on any atom is 0.474 e. The van der Waals surface area contributed by atoms with Gasteiger partial charge in [0.05, 0.1) is 19.8 Å². The number of phosphoric ester groups is 1. The van der Waals surface area contributed by atoms with Crippen molar-refractivity contribution in [1.29, 1.82) is 0 Å². The van der Waals surface area contributed by atoms with Gasteiger partial charge in [-0.3, -0.25) is 23.2 Å². The van der Waals surface area contributed by atoms with E-state index in [2.05, 4.69) is 78.3 Å². The van der Waals surface area contributed by atoms with E-state index in [-0.39, 0.29) is 38.1 Å². The molecule has 12 heteroatoms. The zero-order valence-corrected chi connectivity index (χ0v) is 32.2. The Kier molecular flexibility index (Phi) is 31.7. The van der Waals surface area contributed by atoms with Crippen LogP contribution >= 0.6 is 7.82 Å². The van der Waals surface area contributed by atoms with E-state index in [9.17, 15) is 19.3 Å². The lowest BCUT2D eigenvalue weighted by Gasteiger charge is -2.22. The van der Waals surface area contributed by atoms with Crippen LogP contribution in [0.25, 0.3) is 0 Å². The van der Waals surface area contributed by atoms with Gasteiger partial charge in [-0.15, -0.1) is 0 Å². The van der Waals surface area contributed by atoms with E-state index in [1.54, 1.807) is 7.11 Å². The first-order chi connectivity index (χ1) is 24.2. The van der Waals surface area contributed by atoms with E-state index in [0.717, 1.165) is 51.4 Å². The lowest BCUT2D eigenvalue weighted by Crippen LogP contribution is -2.49. The molecule has 0 heterocycles. The monoisotopic (exact) mass is 723 g/mol. The van der Waals surface area contributed by atoms with Gasteiger partial charge in [0.15, 0.2) is 0 Å². The number of aliphatic hydroxyl groups excluding tert-OH is 1. The minimum Gasteiger partial charge on any atom is -0.396 e. The minimum atomic E-state index is -3.93. The summed E-state index contributed by atoms with van der Waals surface area (Å²) in [4.78, 5) is 27.6. The van der Waals surface area contributed by atoms with Crippen LogP contribution < -0.4 is 10.6 Å². The molecule has 0 aliphatic heterocycles. The summed E-state index contributed by atoms with van der Waals surface area (Å²) in [5.41, 5.74) is 0. The molecule has 0 rings (SSSR count). The lowest BCUT2D eigenvalue weighted by atomic mass is 10.0. The average Bonchev–Trinajstić information content (AvgIpc) is 3.10. The van der Waals surface area contributed by atoms with Gasteiger partial charge in [0.1, 0.15) is 6.04 Å². The number of unbranched alkanes of at least 4 members (excludes halogenated alkanes) is 1. The largest absolute Gasteiger partial charge is 0.474 e. The van der Waals surface area contributed by atoms with Crippen molar-refractivity contribution < 1.29 is 37.6 Å². The Labute approximate surface area is 302 Å². The number of likely N-dealkylation sites (N-methyl/N-ethyl adjacent to an activating group) is 1. The highest BCUT2D eigenvalue weighted by molar-refractivity contribution is 7.48. The summed E-state index contributed by atoms with van der Waals surface area (Å²) in [7, 11) is 2.57. The second-order valence-corrected chi connectivity index (χ2v) is 13.7. The Morgan fingerprint density at radius 1 is 0.800 bits per heavy atom. The smallest absolute Gasteiger partial charge is 0.396 e. The molecule has 0 aliphatic carbocycles. The molecule has 0 aromatic rings. The Morgan fingerprint density at radius 3 is 1.86 bits per heavy atom. The van der Waals surface area contributed by atoms with Crippen LogP contribution in [-0.2, 0) is 32.5 Å². The summed E-state index contributed by atoms with van der Waals surface area (Å²) in [6.45, 7) is 3.24. The molecule has 0 aromatic heterocycles. The number of amides is 2. The molecule has 286 valence electrons. The number of phosphoric acid groups is 1. The number of nitrogens with zero attached hydrogens (tertiary/aromatic N) is 1. The molecular formula is C38H66N3O8P. The topological polar surface area (TPSA) is 136 Å². The fourth-order valence-corrected chi connectivity index (χ4v) is 5.23. The van der Waals surface area contributed by atoms with Gasteiger partial charge in [0.2, 0.25) is 11.8 Å². The molecule has 0 saturated carbocycles. The summed E-state index contributed by atoms with van der Waals surface area (Å²) >= 11 is 0. The third kappa shape index (κ3) is 29.1. The third-order valence-electron chi connectivity index (χ3n) is 7.20. The number of carbonyl (C=O) groups is 2. The summed E-state index contributed by atoms with van der Waals surface area (Å²) in [5, 5.41) is 14.9. The van der Waals surface area contributed by atoms with E-state index in [1.807, 2.05) is 31.1 Å². The predicted molar refractivity (Wildman–Crippen MR) is 204 cm³/mol. The average molecular weight is 724 g/mol. The van der Waals surface area contributed by atoms with Crippen molar-refractivity contribution in [3.05, 3.63) is 72.9 Å². The highest BCUT2D eigenvalue weighted by atomic mass is 31.2. The number of allylic oxidation sites excluding steroid dienone is 12. The quantitative estimate of drug-likeness (QED) is 0.0387. The number of ether oxygens (including phenoxy) is 1. The molecule has 0 fully saturated rings. The fraction of sp³-hybridized carbons (Fsp3) is 0.632. The molecule has 0 radical (unpaired) electrons. The second-order valence-electron chi connectivity index (χ2n) is 11.9. The standard InChI is InChI=1S/C38H66N3O8P/c1-6-7-8-9-10-11-12-13-14-15-16-17-18-19-20-21-22-23-24-28-37(43)40-36(34-49-50(45,47-5)48-31-30-41(2)3)38(44)39-29-26-25-27-35(32-42)33-46-4/h7-8,10-11,13-14,16-17,19-20,22-23,35-36,42H,6,9,12,15,18,21,24-34H2,1-5H3,(H,39,44)(H,40,43)/b8-7-,11-10-,14-13-,17-16-,20-19-,23-22-/t35?,36-,50?/m0/s1. The van der Waals surface area contributed by atoms with E-state index in [4.69, 9.17) is 18.3 Å². The zero-order valence-electron chi connectivity index (χ0n) is 31.3. The third-order valence-corrected chi connectivity index (χ3v) is 8.61. The Morgan fingerprint density at radius 2 is 1.36 bits per heavy atom. The molecule has 3 atom stereocenters. The molecule has 11 nitrogen and oxygen atoms in total. The van der Waals surface area contributed by atoms with Crippen LogP contribution in [0, 0.1) is 5.92 Å². The number of rotatable bonds is 32. The zero-order chi connectivity index (χ0) is 37.1. The fourth-order valence-electron chi connectivity index (χ4n) is 4.30. The predicted octanol–water partition coefficient (Wildman–Crippen LogP) is 6.84. The molecule has 3 N–H and O–H groups in total. The van der Waals surface area contributed by atoms with Crippen LogP contribution in [0.2, 0.25) is 0 Å². The highest BCUT2D eigenvalue weighted by Crippen LogP contribution is 2.48. The van der Waals surface area contributed by atoms with Crippen molar-refractivity contribution in [2.75, 3.05) is 67.8 Å². The van der Waals surface area contributed by atoms with Gasteiger partial charge in [-0.2, -0.15) is 0 Å². The molecular weight excluding hydrogens is 657 g/mol. The van der Waals surface area contributed by atoms with Crippen LogP contribution in [-0.4, -0.2) is 95.7 Å². The summed E-state index contributed by atoms with van der Waals surface area (Å²) < 4.78 is 33.8. The number of hydrogen-bond donors (Lipinski definition) is 3. The molecule has 0 aliphatic rings. The van der Waals surface area contributed by atoms with Gasteiger partial charge in [-0.25, -0.2) is 4.57 Å². The van der Waals surface area contributed by atoms with Gasteiger partial charge < -0.3 is 25.4 Å². The van der Waals surface area contributed by atoms with Crippen molar-refractivity contribution in [1.82, 2.24) is 15.5 Å². The van der Waals surface area contributed by atoms with Crippen LogP contribution in [0.1, 0.15) is 77.6 Å². The van der Waals surface area contributed by atoms with Gasteiger partial charge in [0, 0.05) is 46.3 Å². The van der Waals surface area contributed by atoms with Crippen molar-refractivity contribution >= 4 is 19.6 Å². The highest BCUT2D eigenvalue weighted by Gasteiger charge is 2.29. The SMILES string of the molecule is CC/C=C\C/C=C\C/C=C\C/C=C\C/C=C\C/C=C\CCC(=O)N[C@@H](COP(=O)(OC)OCCN(C)C)C(=O)NCCCCC(CO)COC. The number of hydrogen-bond acceptors (Lipinski definition) is 9. The van der Waals surface area contributed by atoms with Gasteiger partial charge in [-0.05, 0) is 71.9 Å². The number of aliphatic hydroxyl groups is 1. The van der Waals surface area contributed by atoms with Crippen LogP contribution in [0.4, 0.5) is 0 Å². The Hall–Kier alpha value is -2.63. The van der Waals surface area contributed by atoms with Gasteiger partial charge in [0.25, 0.3) is 0 Å². The van der Waals surface area contributed by atoms with Crippen LogP contribution in [0.15, 0.2) is 72.9 Å². The van der Waals surface area contributed by atoms with Gasteiger partial charge >= 0.3 is 7.82 Å². The maximum atomic E-state index is 13.0. The van der Waals surface area contributed by atoms with Crippen molar-refractivity contribution in [3.63, 3.8) is 0 Å². The first kappa shape index (κ1) is 47.4. The normalized spacial score (nSPS) is 15.0. The van der Waals surface area contributed by atoms with Crippen molar-refractivity contribution in [2.24, 2.45) is 5.92 Å². The van der Waals surface area contributed by atoms with Crippen LogP contribution in [0.5, 0.6) is 0 Å². The van der Waals surface area contributed by atoms with Crippen LogP contribution in [0.3, 0.4) is 0 Å². The summed E-state index contributed by atoms with van der Waals surface area (Å²) in [5.74, 6) is -0.744. The number of methoxy groups -OCH3 is 1.